The first kappa shape index (κ1) is 27.9. The number of hydrogen-bond donors (Lipinski definition) is 0. The Morgan fingerprint density at radius 2 is 0.592 bits per heavy atom. The van der Waals surface area contributed by atoms with E-state index in [1.165, 1.54) is 60.5 Å². The van der Waals surface area contributed by atoms with Crippen LogP contribution in [0.3, 0.4) is 0 Å². The van der Waals surface area contributed by atoms with Gasteiger partial charge in [-0.15, -0.1) is 0 Å². The molecule has 4 aromatic rings. The Balaban J connectivity index is 1.16. The number of benzene rings is 4. The molecule has 10 heterocycles. The van der Waals surface area contributed by atoms with Gasteiger partial charge in [0.15, 0.2) is 0 Å². The van der Waals surface area contributed by atoms with Crippen molar-refractivity contribution in [3.05, 3.63) is 115 Å². The van der Waals surface area contributed by atoms with E-state index in [-0.39, 0.29) is 0 Å². The van der Waals surface area contributed by atoms with Gasteiger partial charge in [0, 0.05) is 0 Å². The SMILES string of the molecule is Cc1ccc(P(c2ccc(C)c(C)c2C)[C]23[CH]4[CH]5[CH]6[C]2(P(c2ccc(C)c(C)c2C)c2ccc(C)c(C)c2C)[Cr]54632789[CH]3[CH]2[CH]7[CH]8[CH]39)c(C)c1C. The first-order chi connectivity index (χ1) is 23.0. The van der Waals surface area contributed by atoms with Crippen molar-refractivity contribution in [1.82, 2.24) is 0 Å². The van der Waals surface area contributed by atoms with Crippen LogP contribution in [0.25, 0.3) is 0 Å². The average Bonchev–Trinajstić information content (AvgIpc) is 4.03. The van der Waals surface area contributed by atoms with Gasteiger partial charge < -0.3 is 0 Å². The fourth-order valence-electron chi connectivity index (χ4n) is 26.1. The summed E-state index contributed by atoms with van der Waals surface area (Å²) in [6.07, 6.45) is 0. The molecule has 0 amide bonds. The molecule has 10 aliphatic heterocycles. The van der Waals surface area contributed by atoms with E-state index in [1.54, 1.807) is 44.5 Å². The molecule has 49 heavy (non-hydrogen) atoms. The Hall–Kier alpha value is -1.73. The Morgan fingerprint density at radius 3 is 0.796 bits per heavy atom. The predicted molar refractivity (Wildman–Crippen MR) is 210 cm³/mol. The molecule has 4 aromatic carbocycles. The van der Waals surface area contributed by atoms with Crippen molar-refractivity contribution in [1.29, 1.82) is 0 Å². The molecule has 4 unspecified atom stereocenters. The molecule has 3 heteroatoms. The van der Waals surface area contributed by atoms with Crippen molar-refractivity contribution in [2.45, 2.75) is 129 Å². The zero-order valence-corrected chi connectivity index (χ0v) is 34.6. The normalized spacial score (nSPS) is 50.8. The fraction of sp³-hybridized carbons (Fsp3) is 0.478. The van der Waals surface area contributed by atoms with Crippen LogP contribution in [0.5, 0.6) is 0 Å². The summed E-state index contributed by atoms with van der Waals surface area (Å²) in [5.41, 5.74) is 18.7. The van der Waals surface area contributed by atoms with E-state index in [9.17, 15) is 0 Å². The Labute approximate surface area is 286 Å². The van der Waals surface area contributed by atoms with Gasteiger partial charge in [-0.2, -0.15) is 0 Å². The zero-order valence-electron chi connectivity index (χ0n) is 31.5. The molecular formula is C46H52CrP2. The Bertz CT molecular complexity index is 2510. The van der Waals surface area contributed by atoms with Crippen LogP contribution in [0.4, 0.5) is 0 Å². The van der Waals surface area contributed by atoms with Gasteiger partial charge in [-0.25, -0.2) is 0 Å². The average molecular weight is 719 g/mol. The fourth-order valence-corrected chi connectivity index (χ4v) is 152. The van der Waals surface area contributed by atoms with Gasteiger partial charge in [0.05, 0.1) is 0 Å². The molecule has 0 nitrogen and oxygen atoms in total. The predicted octanol–water partition coefficient (Wildman–Crippen LogP) is 11.2. The molecule has 10 aliphatic rings. The number of aryl methyl sites for hydroxylation is 4. The van der Waals surface area contributed by atoms with E-state index in [0.717, 1.165) is 0 Å². The van der Waals surface area contributed by atoms with Gasteiger partial charge in [0.2, 0.25) is 0 Å². The second-order valence-electron chi connectivity index (χ2n) is 22.1. The number of rotatable bonds is 6. The van der Waals surface area contributed by atoms with Crippen molar-refractivity contribution >= 4 is 37.1 Å². The van der Waals surface area contributed by atoms with Crippen LogP contribution in [0, 0.1) is 83.1 Å². The maximum atomic E-state index is 2.70. The van der Waals surface area contributed by atoms with Gasteiger partial charge >= 0.3 is 288 Å². The van der Waals surface area contributed by atoms with E-state index < -0.39 is 22.5 Å². The van der Waals surface area contributed by atoms with Crippen molar-refractivity contribution in [2.75, 3.05) is 0 Å². The quantitative estimate of drug-likeness (QED) is 0.174. The van der Waals surface area contributed by atoms with Crippen LogP contribution in [0.1, 0.15) is 66.8 Å². The van der Waals surface area contributed by atoms with Gasteiger partial charge in [-0.1, -0.05) is 0 Å². The van der Waals surface area contributed by atoms with Crippen LogP contribution in [-0.4, -0.2) is 8.04 Å². The molecule has 0 bridgehead atoms. The van der Waals surface area contributed by atoms with Crippen LogP contribution in [0.2, 0.25) is 38.2 Å². The summed E-state index contributed by atoms with van der Waals surface area (Å²) in [4.78, 5) is 0. The van der Waals surface area contributed by atoms with Crippen LogP contribution < -0.4 is 21.2 Å². The van der Waals surface area contributed by atoms with Crippen molar-refractivity contribution < 1.29 is 6.65 Å². The number of hydrogen-bond acceptors (Lipinski definition) is 0. The number of fused-ring (bicyclic) bond motifs is 10. The Morgan fingerprint density at radius 1 is 0.347 bits per heavy atom. The minimum atomic E-state index is -4.37. The second-order valence-corrected chi connectivity index (χ2v) is 54.6. The third-order valence-corrected chi connectivity index (χ3v) is 92.0. The van der Waals surface area contributed by atoms with Gasteiger partial charge in [-0.3, -0.25) is 0 Å². The standard InChI is InChI=1S/C41H47P2.C5H5.Cr/c1-24-16-20-36(32(9)28(24)5)42(37-21-17-25(2)29(6)33(37)10)40-14-13-15-41(40)43(38-22-18-26(3)30(7)34(38)11)39-23-19-27(4)31(8)35(39)12;1-2-4-5-3-1;/h13-23H,1-12H3;1-5H;. The van der Waals surface area contributed by atoms with Crippen molar-refractivity contribution in [3.63, 3.8) is 0 Å². The summed E-state index contributed by atoms with van der Waals surface area (Å²) in [7, 11) is -0.908. The zero-order chi connectivity index (χ0) is 34.0. The molecule has 0 aliphatic carbocycles. The van der Waals surface area contributed by atoms with E-state index in [2.05, 4.69) is 132 Å². The summed E-state index contributed by atoms with van der Waals surface area (Å²) in [5.74, 6) is 0. The van der Waals surface area contributed by atoms with Gasteiger partial charge in [0.25, 0.3) is 0 Å². The summed E-state index contributed by atoms with van der Waals surface area (Å²) in [5, 5.41) is 7.24. The van der Waals surface area contributed by atoms with E-state index in [0.29, 0.717) is 8.04 Å². The molecule has 10 fully saturated rings. The van der Waals surface area contributed by atoms with Crippen LogP contribution in [0.15, 0.2) is 48.5 Å². The molecular weight excluding hydrogens is 666 g/mol. The van der Waals surface area contributed by atoms with Crippen LogP contribution >= 0.6 is 15.8 Å². The topological polar surface area (TPSA) is 0 Å². The third kappa shape index (κ3) is 0.879. The molecule has 1 spiro atoms. The summed E-state index contributed by atoms with van der Waals surface area (Å²) >= 11 is 0. The summed E-state index contributed by atoms with van der Waals surface area (Å²) in [6, 6.07) is 20.9. The maximum absolute atomic E-state index is 4.37. The minimum absolute atomic E-state index is 0.454. The summed E-state index contributed by atoms with van der Waals surface area (Å²) < 4.78 is 11.3. The molecule has 4 atom stereocenters. The first-order valence-corrected chi connectivity index (χ1v) is 29.3. The molecule has 14 rings (SSSR count). The molecule has 10 saturated heterocycles. The molecule has 0 radical (unpaired) electrons. The van der Waals surface area contributed by atoms with Crippen molar-refractivity contribution in [2.24, 2.45) is 0 Å². The van der Waals surface area contributed by atoms with E-state index in [1.807, 2.05) is 21.2 Å². The van der Waals surface area contributed by atoms with E-state index in [4.69, 9.17) is 0 Å². The molecule has 252 valence electrons. The van der Waals surface area contributed by atoms with Gasteiger partial charge in [-0.05, 0) is 0 Å². The van der Waals surface area contributed by atoms with Gasteiger partial charge in [0.1, 0.15) is 0 Å². The van der Waals surface area contributed by atoms with Crippen molar-refractivity contribution in [3.8, 4) is 0 Å². The molecule has 0 N–H and O–H groups in total. The van der Waals surface area contributed by atoms with Crippen LogP contribution in [-0.2, 0) is 6.65 Å². The third-order valence-electron chi connectivity index (χ3n) is 26.5. The second kappa shape index (κ2) is 4.75. The molecule has 0 aromatic heterocycles. The monoisotopic (exact) mass is 718 g/mol. The van der Waals surface area contributed by atoms with E-state index >= 15 is 0 Å². The summed E-state index contributed by atoms with van der Waals surface area (Å²) in [6.45, 7) is 24.9. The first-order valence-electron chi connectivity index (χ1n) is 19.4. The Kier molecular flexibility index (Phi) is 2.70. The molecule has 0 saturated carbocycles.